The minimum absolute atomic E-state index is 0.123. The normalized spacial score (nSPS) is 24.7. The maximum absolute atomic E-state index is 12.5. The zero-order chi connectivity index (χ0) is 18.6. The second kappa shape index (κ2) is 8.69. The molecular formula is C19H29N3O3S. The molecule has 0 aromatic carbocycles. The lowest BCUT2D eigenvalue weighted by Crippen LogP contribution is -2.63. The molecule has 6 nitrogen and oxygen atoms in total. The predicted octanol–water partition coefficient (Wildman–Crippen LogP) is 1.49. The molecule has 144 valence electrons. The molecule has 1 N–H and O–H groups in total. The molecule has 1 amide bonds. The number of hydrogen-bond donors (Lipinski definition) is 1. The molecule has 1 aromatic heterocycles. The van der Waals surface area contributed by atoms with Crippen molar-refractivity contribution in [3.63, 3.8) is 0 Å². The van der Waals surface area contributed by atoms with Crippen LogP contribution in [0.15, 0.2) is 29.4 Å². The number of carbonyl (C=O) groups is 1. The highest BCUT2D eigenvalue weighted by Gasteiger charge is 2.56. The molecular weight excluding hydrogens is 350 g/mol. The summed E-state index contributed by atoms with van der Waals surface area (Å²) in [6.07, 6.45) is 3.93. The summed E-state index contributed by atoms with van der Waals surface area (Å²) >= 11 is 1.48. The first kappa shape index (κ1) is 19.6. The number of thioether (sulfide) groups is 1. The third-order valence-corrected chi connectivity index (χ3v) is 6.56. The van der Waals surface area contributed by atoms with Crippen LogP contribution >= 0.6 is 11.8 Å². The van der Waals surface area contributed by atoms with Gasteiger partial charge in [-0.15, -0.1) is 0 Å². The maximum Gasteiger partial charge on any atom is 0.232 e. The fourth-order valence-electron chi connectivity index (χ4n) is 3.82. The number of nitrogens with zero attached hydrogens (tertiary/aromatic N) is 3. The number of ether oxygens (including phenoxy) is 1. The molecule has 1 aliphatic heterocycles. The van der Waals surface area contributed by atoms with Gasteiger partial charge in [0.2, 0.25) is 5.91 Å². The summed E-state index contributed by atoms with van der Waals surface area (Å²) in [5.41, 5.74) is -0.156. The van der Waals surface area contributed by atoms with Gasteiger partial charge >= 0.3 is 0 Å². The minimum atomic E-state index is -0.299. The summed E-state index contributed by atoms with van der Waals surface area (Å²) in [5.74, 6) is 0.560. The monoisotopic (exact) mass is 379 g/mol. The van der Waals surface area contributed by atoms with Crippen LogP contribution in [0.1, 0.15) is 19.3 Å². The lowest BCUT2D eigenvalue weighted by molar-refractivity contribution is -0.211. The molecule has 3 rings (SSSR count). The average Bonchev–Trinajstić information content (AvgIpc) is 2.66. The number of likely N-dealkylation sites (tertiary alicyclic amines) is 1. The van der Waals surface area contributed by atoms with Gasteiger partial charge in [0.05, 0.1) is 29.6 Å². The minimum Gasteiger partial charge on any atom is -0.392 e. The van der Waals surface area contributed by atoms with Crippen LogP contribution in [0.3, 0.4) is 0 Å². The first-order valence-electron chi connectivity index (χ1n) is 9.27. The van der Waals surface area contributed by atoms with E-state index in [0.29, 0.717) is 25.4 Å². The Bertz CT molecular complexity index is 591. The van der Waals surface area contributed by atoms with E-state index in [2.05, 4.69) is 9.88 Å². The van der Waals surface area contributed by atoms with Gasteiger partial charge in [0, 0.05) is 37.7 Å². The highest BCUT2D eigenvalue weighted by atomic mass is 32.2. The van der Waals surface area contributed by atoms with Gasteiger partial charge in [0.1, 0.15) is 0 Å². The SMILES string of the molecule is CN(C)CCO[C@H]1C[C@@H](O)C12CCN(C(=O)CSc1ccccn1)CC2. The van der Waals surface area contributed by atoms with Crippen LogP contribution < -0.4 is 0 Å². The predicted molar refractivity (Wildman–Crippen MR) is 102 cm³/mol. The van der Waals surface area contributed by atoms with Crippen LogP contribution in [-0.4, -0.2) is 84.1 Å². The standard InChI is InChI=1S/C19H29N3O3S/c1-21(2)11-12-25-16-13-15(23)19(16)6-9-22(10-7-19)18(24)14-26-17-5-3-4-8-20-17/h3-5,8,15-16,23H,6-7,9-14H2,1-2H3/t15-,16+/m1/s1. The van der Waals surface area contributed by atoms with E-state index in [1.54, 1.807) is 6.20 Å². The number of rotatable bonds is 7. The van der Waals surface area contributed by atoms with Gasteiger partial charge in [-0.2, -0.15) is 0 Å². The molecule has 1 saturated carbocycles. The van der Waals surface area contributed by atoms with Crippen LogP contribution in [0.25, 0.3) is 0 Å². The van der Waals surface area contributed by atoms with Crippen LogP contribution in [0, 0.1) is 5.41 Å². The second-order valence-electron chi connectivity index (χ2n) is 7.48. The molecule has 26 heavy (non-hydrogen) atoms. The molecule has 2 aliphatic rings. The fraction of sp³-hybridized carbons (Fsp3) is 0.684. The summed E-state index contributed by atoms with van der Waals surface area (Å²) < 4.78 is 6.04. The van der Waals surface area contributed by atoms with Crippen LogP contribution in [0.4, 0.5) is 0 Å². The van der Waals surface area contributed by atoms with Crippen molar-refractivity contribution in [3.05, 3.63) is 24.4 Å². The van der Waals surface area contributed by atoms with E-state index in [4.69, 9.17) is 4.74 Å². The fourth-order valence-corrected chi connectivity index (χ4v) is 4.59. The topological polar surface area (TPSA) is 65.9 Å². The smallest absolute Gasteiger partial charge is 0.232 e. The molecule has 2 fully saturated rings. The van der Waals surface area contributed by atoms with Gasteiger partial charge in [-0.3, -0.25) is 4.79 Å². The number of piperidine rings is 1. The zero-order valence-corrected chi connectivity index (χ0v) is 16.5. The Morgan fingerprint density at radius 3 is 2.81 bits per heavy atom. The first-order valence-corrected chi connectivity index (χ1v) is 10.3. The highest BCUT2D eigenvalue weighted by Crippen LogP contribution is 2.51. The molecule has 0 unspecified atom stereocenters. The molecule has 2 atom stereocenters. The van der Waals surface area contributed by atoms with Crippen molar-refractivity contribution < 1.29 is 14.6 Å². The quantitative estimate of drug-likeness (QED) is 0.724. The Kier molecular flexibility index (Phi) is 6.55. The summed E-state index contributed by atoms with van der Waals surface area (Å²) in [4.78, 5) is 20.7. The van der Waals surface area contributed by atoms with Crippen molar-refractivity contribution in [2.45, 2.75) is 36.5 Å². The zero-order valence-electron chi connectivity index (χ0n) is 15.6. The number of aliphatic hydroxyl groups is 1. The van der Waals surface area contributed by atoms with E-state index < -0.39 is 0 Å². The van der Waals surface area contributed by atoms with E-state index in [1.165, 1.54) is 11.8 Å². The number of likely N-dealkylation sites (N-methyl/N-ethyl adjacent to an activating group) is 1. The van der Waals surface area contributed by atoms with Gasteiger partial charge in [-0.25, -0.2) is 4.98 Å². The molecule has 1 aromatic rings. The maximum atomic E-state index is 12.5. The van der Waals surface area contributed by atoms with Crippen molar-refractivity contribution in [1.29, 1.82) is 0 Å². The third-order valence-electron chi connectivity index (χ3n) is 5.63. The van der Waals surface area contributed by atoms with Gasteiger partial charge in [-0.05, 0) is 39.1 Å². The number of hydrogen-bond acceptors (Lipinski definition) is 6. The number of aromatic nitrogens is 1. The van der Waals surface area contributed by atoms with Gasteiger partial charge in [0.15, 0.2) is 0 Å². The Balaban J connectivity index is 1.46. The third kappa shape index (κ3) is 4.39. The van der Waals surface area contributed by atoms with Crippen LogP contribution in [0.5, 0.6) is 0 Å². The number of carbonyl (C=O) groups excluding carboxylic acids is 1. The van der Waals surface area contributed by atoms with Gasteiger partial charge in [-0.1, -0.05) is 17.8 Å². The molecule has 1 spiro atoms. The molecule has 7 heteroatoms. The lowest BCUT2D eigenvalue weighted by atomic mass is 9.58. The number of aliphatic hydroxyl groups excluding tert-OH is 1. The molecule has 0 bridgehead atoms. The first-order chi connectivity index (χ1) is 12.5. The van der Waals surface area contributed by atoms with E-state index in [0.717, 1.165) is 30.8 Å². The summed E-state index contributed by atoms with van der Waals surface area (Å²) in [5, 5.41) is 11.2. The Labute approximate surface area is 159 Å². The molecule has 1 saturated heterocycles. The van der Waals surface area contributed by atoms with E-state index in [9.17, 15) is 9.90 Å². The van der Waals surface area contributed by atoms with Crippen molar-refractivity contribution in [2.75, 3.05) is 46.1 Å². The Morgan fingerprint density at radius 1 is 1.42 bits per heavy atom. The Hall–Kier alpha value is -1.15. The summed E-state index contributed by atoms with van der Waals surface area (Å²) in [6.45, 7) is 2.98. The van der Waals surface area contributed by atoms with Crippen molar-refractivity contribution in [2.24, 2.45) is 5.41 Å². The largest absolute Gasteiger partial charge is 0.392 e. The molecule has 1 aliphatic carbocycles. The molecule has 0 radical (unpaired) electrons. The second-order valence-corrected chi connectivity index (χ2v) is 8.48. The summed E-state index contributed by atoms with van der Waals surface area (Å²) in [7, 11) is 4.06. The van der Waals surface area contributed by atoms with E-state index in [1.807, 2.05) is 37.2 Å². The van der Waals surface area contributed by atoms with Crippen LogP contribution in [-0.2, 0) is 9.53 Å². The van der Waals surface area contributed by atoms with E-state index in [-0.39, 0.29) is 23.5 Å². The van der Waals surface area contributed by atoms with Crippen molar-refractivity contribution >= 4 is 17.7 Å². The van der Waals surface area contributed by atoms with Crippen LogP contribution in [0.2, 0.25) is 0 Å². The van der Waals surface area contributed by atoms with Gasteiger partial charge < -0.3 is 19.6 Å². The number of pyridine rings is 1. The molecule has 2 heterocycles. The average molecular weight is 380 g/mol. The van der Waals surface area contributed by atoms with Crippen molar-refractivity contribution in [1.82, 2.24) is 14.8 Å². The number of amides is 1. The van der Waals surface area contributed by atoms with Crippen molar-refractivity contribution in [3.8, 4) is 0 Å². The van der Waals surface area contributed by atoms with Gasteiger partial charge in [0.25, 0.3) is 0 Å². The lowest BCUT2D eigenvalue weighted by Gasteiger charge is -2.56. The summed E-state index contributed by atoms with van der Waals surface area (Å²) in [6, 6.07) is 5.72. The highest BCUT2D eigenvalue weighted by molar-refractivity contribution is 7.99. The Morgan fingerprint density at radius 2 is 2.19 bits per heavy atom. The van der Waals surface area contributed by atoms with E-state index >= 15 is 0 Å².